The van der Waals surface area contributed by atoms with Crippen molar-refractivity contribution in [2.75, 3.05) is 7.05 Å². The van der Waals surface area contributed by atoms with Gasteiger partial charge in [0.05, 0.1) is 6.10 Å². The summed E-state index contributed by atoms with van der Waals surface area (Å²) in [5.74, 6) is 0.576. The molecule has 0 fully saturated rings. The average molecular weight is 273 g/mol. The van der Waals surface area contributed by atoms with Gasteiger partial charge >= 0.3 is 0 Å². The highest BCUT2D eigenvalue weighted by Gasteiger charge is 2.08. The lowest BCUT2D eigenvalue weighted by atomic mass is 9.99. The van der Waals surface area contributed by atoms with Crippen LogP contribution in [0.5, 0.6) is 5.75 Å². The summed E-state index contributed by atoms with van der Waals surface area (Å²) in [6, 6.07) is 12.7. The van der Waals surface area contributed by atoms with Crippen LogP contribution in [-0.2, 0) is 6.54 Å². The lowest BCUT2D eigenvalue weighted by Gasteiger charge is -2.13. The van der Waals surface area contributed by atoms with Crippen LogP contribution in [0.1, 0.15) is 19.4 Å². The highest BCUT2D eigenvalue weighted by molar-refractivity contribution is 5.68. The molecule has 1 N–H and O–H groups in total. The summed E-state index contributed by atoms with van der Waals surface area (Å²) >= 11 is 0. The van der Waals surface area contributed by atoms with Crippen molar-refractivity contribution in [1.29, 1.82) is 0 Å². The van der Waals surface area contributed by atoms with Crippen molar-refractivity contribution in [2.24, 2.45) is 0 Å². The molecule has 0 atom stereocenters. The summed E-state index contributed by atoms with van der Waals surface area (Å²) in [6.45, 7) is 4.67. The van der Waals surface area contributed by atoms with Gasteiger partial charge in [-0.25, -0.2) is 4.39 Å². The highest BCUT2D eigenvalue weighted by atomic mass is 19.1. The second-order valence-corrected chi connectivity index (χ2v) is 5.03. The van der Waals surface area contributed by atoms with Gasteiger partial charge in [-0.3, -0.25) is 0 Å². The number of halogens is 1. The van der Waals surface area contributed by atoms with E-state index in [2.05, 4.69) is 5.32 Å². The van der Waals surface area contributed by atoms with Crippen LogP contribution in [0, 0.1) is 5.82 Å². The second-order valence-electron chi connectivity index (χ2n) is 5.03. The zero-order valence-corrected chi connectivity index (χ0v) is 12.1. The van der Waals surface area contributed by atoms with E-state index in [0.717, 1.165) is 22.4 Å². The van der Waals surface area contributed by atoms with Crippen molar-refractivity contribution in [3.8, 4) is 16.9 Å². The Morgan fingerprint density at radius 2 is 1.95 bits per heavy atom. The van der Waals surface area contributed by atoms with Crippen LogP contribution in [0.4, 0.5) is 4.39 Å². The molecular weight excluding hydrogens is 253 g/mol. The van der Waals surface area contributed by atoms with Crippen molar-refractivity contribution in [3.63, 3.8) is 0 Å². The van der Waals surface area contributed by atoms with Gasteiger partial charge in [0.1, 0.15) is 11.6 Å². The molecule has 2 nitrogen and oxygen atoms in total. The molecule has 20 heavy (non-hydrogen) atoms. The highest BCUT2D eigenvalue weighted by Crippen LogP contribution is 2.28. The van der Waals surface area contributed by atoms with Crippen LogP contribution in [-0.4, -0.2) is 13.2 Å². The number of nitrogens with one attached hydrogen (secondary N) is 1. The fourth-order valence-electron chi connectivity index (χ4n) is 2.17. The lowest BCUT2D eigenvalue weighted by Crippen LogP contribution is -2.07. The molecule has 0 radical (unpaired) electrons. The molecule has 2 aromatic rings. The fourth-order valence-corrected chi connectivity index (χ4v) is 2.17. The van der Waals surface area contributed by atoms with Crippen molar-refractivity contribution in [2.45, 2.75) is 26.5 Å². The van der Waals surface area contributed by atoms with Gasteiger partial charge < -0.3 is 10.1 Å². The Balaban J connectivity index is 2.42. The SMILES string of the molecule is CNCc1ccc(F)cc1-c1cccc(OC(C)C)c1. The molecule has 2 aromatic carbocycles. The van der Waals surface area contributed by atoms with Crippen LogP contribution < -0.4 is 10.1 Å². The first-order valence-corrected chi connectivity index (χ1v) is 6.80. The van der Waals surface area contributed by atoms with Gasteiger partial charge in [-0.15, -0.1) is 0 Å². The van der Waals surface area contributed by atoms with E-state index in [-0.39, 0.29) is 11.9 Å². The van der Waals surface area contributed by atoms with Gasteiger partial charge in [-0.1, -0.05) is 18.2 Å². The number of ether oxygens (including phenoxy) is 1. The van der Waals surface area contributed by atoms with Gasteiger partial charge in [0.15, 0.2) is 0 Å². The second kappa shape index (κ2) is 6.53. The van der Waals surface area contributed by atoms with E-state index in [9.17, 15) is 4.39 Å². The third kappa shape index (κ3) is 3.58. The van der Waals surface area contributed by atoms with Crippen molar-refractivity contribution >= 4 is 0 Å². The maximum absolute atomic E-state index is 13.5. The number of hydrogen-bond acceptors (Lipinski definition) is 2. The average Bonchev–Trinajstić information content (AvgIpc) is 2.40. The standard InChI is InChI=1S/C17H20FNO/c1-12(2)20-16-6-4-5-13(9-16)17-10-15(18)8-7-14(17)11-19-3/h4-10,12,19H,11H2,1-3H3. The number of rotatable bonds is 5. The molecule has 0 heterocycles. The molecule has 3 heteroatoms. The van der Waals surface area contributed by atoms with Crippen LogP contribution >= 0.6 is 0 Å². The number of hydrogen-bond donors (Lipinski definition) is 1. The van der Waals surface area contributed by atoms with E-state index in [1.165, 1.54) is 6.07 Å². The molecule has 0 bridgehead atoms. The van der Waals surface area contributed by atoms with Gasteiger partial charge in [0.25, 0.3) is 0 Å². The summed E-state index contributed by atoms with van der Waals surface area (Å²) < 4.78 is 19.2. The molecule has 0 saturated carbocycles. The normalized spacial score (nSPS) is 10.8. The summed E-state index contributed by atoms with van der Waals surface area (Å²) in [5.41, 5.74) is 2.93. The topological polar surface area (TPSA) is 21.3 Å². The molecule has 0 saturated heterocycles. The summed E-state index contributed by atoms with van der Waals surface area (Å²) in [4.78, 5) is 0. The predicted molar refractivity (Wildman–Crippen MR) is 80.4 cm³/mol. The Morgan fingerprint density at radius 1 is 1.15 bits per heavy atom. The smallest absolute Gasteiger partial charge is 0.123 e. The zero-order valence-electron chi connectivity index (χ0n) is 12.1. The fraction of sp³-hybridized carbons (Fsp3) is 0.294. The molecular formula is C17H20FNO. The molecule has 0 unspecified atom stereocenters. The van der Waals surface area contributed by atoms with E-state index in [0.29, 0.717) is 6.54 Å². The van der Waals surface area contributed by atoms with E-state index in [1.54, 1.807) is 6.07 Å². The van der Waals surface area contributed by atoms with Gasteiger partial charge in [0.2, 0.25) is 0 Å². The quantitative estimate of drug-likeness (QED) is 0.889. The molecule has 106 valence electrons. The van der Waals surface area contributed by atoms with E-state index in [1.807, 2.05) is 51.2 Å². The molecule has 0 aliphatic heterocycles. The molecule has 0 spiro atoms. The van der Waals surface area contributed by atoms with Gasteiger partial charge in [-0.2, -0.15) is 0 Å². The first kappa shape index (κ1) is 14.5. The van der Waals surface area contributed by atoms with E-state index >= 15 is 0 Å². The summed E-state index contributed by atoms with van der Waals surface area (Å²) in [5, 5.41) is 3.11. The monoisotopic (exact) mass is 273 g/mol. The molecule has 2 rings (SSSR count). The molecule has 0 aromatic heterocycles. The van der Waals surface area contributed by atoms with Gasteiger partial charge in [0, 0.05) is 6.54 Å². The summed E-state index contributed by atoms with van der Waals surface area (Å²) in [7, 11) is 1.88. The maximum Gasteiger partial charge on any atom is 0.123 e. The third-order valence-corrected chi connectivity index (χ3v) is 2.96. The van der Waals surface area contributed by atoms with Gasteiger partial charge in [-0.05, 0) is 61.9 Å². The van der Waals surface area contributed by atoms with E-state index < -0.39 is 0 Å². The number of benzene rings is 2. The first-order chi connectivity index (χ1) is 9.60. The van der Waals surface area contributed by atoms with Crippen LogP contribution in [0.15, 0.2) is 42.5 Å². The lowest BCUT2D eigenvalue weighted by molar-refractivity contribution is 0.242. The maximum atomic E-state index is 13.5. The Morgan fingerprint density at radius 3 is 2.65 bits per heavy atom. The minimum absolute atomic E-state index is 0.120. The van der Waals surface area contributed by atoms with Crippen LogP contribution in [0.2, 0.25) is 0 Å². The minimum atomic E-state index is -0.227. The first-order valence-electron chi connectivity index (χ1n) is 6.80. The molecule has 0 amide bonds. The molecule has 0 aliphatic carbocycles. The van der Waals surface area contributed by atoms with Crippen LogP contribution in [0.25, 0.3) is 11.1 Å². The van der Waals surface area contributed by atoms with E-state index in [4.69, 9.17) is 4.74 Å². The van der Waals surface area contributed by atoms with Crippen molar-refractivity contribution in [1.82, 2.24) is 5.32 Å². The molecule has 0 aliphatic rings. The predicted octanol–water partition coefficient (Wildman–Crippen LogP) is 4.00. The minimum Gasteiger partial charge on any atom is -0.491 e. The van der Waals surface area contributed by atoms with Crippen LogP contribution in [0.3, 0.4) is 0 Å². The Bertz CT molecular complexity index is 581. The largest absolute Gasteiger partial charge is 0.491 e. The Hall–Kier alpha value is -1.87. The zero-order chi connectivity index (χ0) is 14.5. The van der Waals surface area contributed by atoms with Crippen molar-refractivity contribution < 1.29 is 9.13 Å². The van der Waals surface area contributed by atoms with Crippen molar-refractivity contribution in [3.05, 3.63) is 53.8 Å². The summed E-state index contributed by atoms with van der Waals surface area (Å²) in [6.07, 6.45) is 0.120. The Kier molecular flexibility index (Phi) is 4.74. The Labute approximate surface area is 119 Å². The third-order valence-electron chi connectivity index (χ3n) is 2.96.